The highest BCUT2D eigenvalue weighted by molar-refractivity contribution is 6.01. The van der Waals surface area contributed by atoms with Crippen LogP contribution < -0.4 is 14.2 Å². The van der Waals surface area contributed by atoms with Crippen molar-refractivity contribution in [2.75, 3.05) is 6.79 Å². The Morgan fingerprint density at radius 2 is 1.46 bits per heavy atom. The summed E-state index contributed by atoms with van der Waals surface area (Å²) in [5, 5.41) is 0. The standard InChI is InChI=1S/C22H16O4/c23-21(15-9-5-2-6-10-15)22-20(14-7-3-1-4-8-14)16-11-18-19(25-13-24-18)12-17(16)26-22/h1-12,20,22H,13H2/t20-,22-/m1/s1. The van der Waals surface area contributed by atoms with Crippen LogP contribution in [0.5, 0.6) is 17.2 Å². The summed E-state index contributed by atoms with van der Waals surface area (Å²) in [6, 6.07) is 23.0. The van der Waals surface area contributed by atoms with Gasteiger partial charge >= 0.3 is 0 Å². The molecular weight excluding hydrogens is 328 g/mol. The monoisotopic (exact) mass is 344 g/mol. The first-order chi connectivity index (χ1) is 12.8. The molecule has 3 aromatic rings. The first-order valence-corrected chi connectivity index (χ1v) is 8.55. The largest absolute Gasteiger partial charge is 0.481 e. The van der Waals surface area contributed by atoms with Crippen molar-refractivity contribution in [3.05, 3.63) is 89.5 Å². The van der Waals surface area contributed by atoms with E-state index in [9.17, 15) is 4.79 Å². The molecule has 128 valence electrons. The maximum absolute atomic E-state index is 13.2. The van der Waals surface area contributed by atoms with Gasteiger partial charge in [0.15, 0.2) is 17.6 Å². The van der Waals surface area contributed by atoms with Gasteiger partial charge in [-0.05, 0) is 11.6 Å². The highest BCUT2D eigenvalue weighted by Crippen LogP contribution is 2.49. The van der Waals surface area contributed by atoms with Gasteiger partial charge in [-0.3, -0.25) is 4.79 Å². The van der Waals surface area contributed by atoms with Crippen molar-refractivity contribution in [3.63, 3.8) is 0 Å². The van der Waals surface area contributed by atoms with Crippen LogP contribution in [0.3, 0.4) is 0 Å². The Bertz CT molecular complexity index is 966. The van der Waals surface area contributed by atoms with Crippen LogP contribution in [0.4, 0.5) is 0 Å². The highest BCUT2D eigenvalue weighted by atomic mass is 16.7. The molecule has 0 saturated heterocycles. The van der Waals surface area contributed by atoms with Crippen LogP contribution in [0.1, 0.15) is 27.4 Å². The minimum absolute atomic E-state index is 0.0300. The minimum Gasteiger partial charge on any atom is -0.481 e. The zero-order valence-corrected chi connectivity index (χ0v) is 13.9. The van der Waals surface area contributed by atoms with Crippen LogP contribution in [-0.2, 0) is 0 Å². The van der Waals surface area contributed by atoms with Crippen molar-refractivity contribution in [3.8, 4) is 17.2 Å². The average Bonchev–Trinajstić information content (AvgIpc) is 3.30. The fourth-order valence-corrected chi connectivity index (χ4v) is 3.64. The molecule has 3 aromatic carbocycles. The number of carbonyl (C=O) groups is 1. The van der Waals surface area contributed by atoms with Gasteiger partial charge in [-0.2, -0.15) is 0 Å². The number of hydrogen-bond donors (Lipinski definition) is 0. The van der Waals surface area contributed by atoms with Crippen molar-refractivity contribution in [2.24, 2.45) is 0 Å². The van der Waals surface area contributed by atoms with Crippen LogP contribution in [0.2, 0.25) is 0 Å². The normalized spacial score (nSPS) is 19.7. The topological polar surface area (TPSA) is 44.8 Å². The summed E-state index contributed by atoms with van der Waals surface area (Å²) in [5.41, 5.74) is 2.64. The second kappa shape index (κ2) is 5.92. The lowest BCUT2D eigenvalue weighted by molar-refractivity contribution is 0.0806. The van der Waals surface area contributed by atoms with Gasteiger partial charge in [0.25, 0.3) is 0 Å². The first kappa shape index (κ1) is 15.0. The Kier molecular flexibility index (Phi) is 3.42. The minimum atomic E-state index is -0.614. The number of ketones is 1. The number of ether oxygens (including phenoxy) is 3. The van der Waals surface area contributed by atoms with Crippen LogP contribution >= 0.6 is 0 Å². The van der Waals surface area contributed by atoms with Gasteiger partial charge in [-0.15, -0.1) is 0 Å². The molecule has 0 aliphatic carbocycles. The zero-order chi connectivity index (χ0) is 17.5. The second-order valence-corrected chi connectivity index (χ2v) is 6.40. The molecule has 2 heterocycles. The lowest BCUT2D eigenvalue weighted by Crippen LogP contribution is -2.30. The molecule has 4 nitrogen and oxygen atoms in total. The molecule has 26 heavy (non-hydrogen) atoms. The number of rotatable bonds is 3. The number of hydrogen-bond acceptors (Lipinski definition) is 4. The molecule has 2 atom stereocenters. The molecule has 0 bridgehead atoms. The van der Waals surface area contributed by atoms with E-state index < -0.39 is 6.10 Å². The number of Topliss-reactive ketones (excluding diaryl/α,β-unsaturated/α-hetero) is 1. The average molecular weight is 344 g/mol. The second-order valence-electron chi connectivity index (χ2n) is 6.40. The molecule has 0 unspecified atom stereocenters. The summed E-state index contributed by atoms with van der Waals surface area (Å²) < 4.78 is 17.1. The van der Waals surface area contributed by atoms with E-state index in [-0.39, 0.29) is 18.5 Å². The summed E-state index contributed by atoms with van der Waals surface area (Å²) in [5.74, 6) is 1.81. The van der Waals surface area contributed by atoms with E-state index in [2.05, 4.69) is 0 Å². The fourth-order valence-electron chi connectivity index (χ4n) is 3.64. The Morgan fingerprint density at radius 1 is 0.808 bits per heavy atom. The third-order valence-electron chi connectivity index (χ3n) is 4.87. The van der Waals surface area contributed by atoms with E-state index in [1.165, 1.54) is 0 Å². The summed E-state index contributed by atoms with van der Waals surface area (Å²) in [7, 11) is 0. The third kappa shape index (κ3) is 2.34. The van der Waals surface area contributed by atoms with Gasteiger partial charge in [0, 0.05) is 17.2 Å². The summed E-state index contributed by atoms with van der Waals surface area (Å²) in [6.07, 6.45) is -0.614. The summed E-state index contributed by atoms with van der Waals surface area (Å²) >= 11 is 0. The van der Waals surface area contributed by atoms with Crippen LogP contribution in [0.25, 0.3) is 0 Å². The predicted octanol–water partition coefficient (Wildman–Crippen LogP) is 4.19. The molecule has 0 spiro atoms. The lowest BCUT2D eigenvalue weighted by atomic mass is 9.85. The van der Waals surface area contributed by atoms with Crippen molar-refractivity contribution in [1.82, 2.24) is 0 Å². The van der Waals surface area contributed by atoms with E-state index >= 15 is 0 Å². The smallest absolute Gasteiger partial charge is 0.231 e. The van der Waals surface area contributed by atoms with Crippen molar-refractivity contribution in [2.45, 2.75) is 12.0 Å². The van der Waals surface area contributed by atoms with E-state index in [1.54, 1.807) is 0 Å². The van der Waals surface area contributed by atoms with E-state index in [0.29, 0.717) is 22.8 Å². The Balaban J connectivity index is 1.62. The SMILES string of the molecule is O=C(c1ccccc1)[C@@H]1Oc2cc3c(cc2[C@H]1c1ccccc1)OCO3. The first-order valence-electron chi connectivity index (χ1n) is 8.55. The molecule has 0 aromatic heterocycles. The maximum atomic E-state index is 13.2. The Labute approximate surface area is 150 Å². The van der Waals surface area contributed by atoms with E-state index in [1.807, 2.05) is 72.8 Å². The Hall–Kier alpha value is -3.27. The number of benzene rings is 3. The summed E-state index contributed by atoms with van der Waals surface area (Å²) in [4.78, 5) is 13.2. The van der Waals surface area contributed by atoms with Gasteiger partial charge in [-0.1, -0.05) is 60.7 Å². The number of carbonyl (C=O) groups excluding carboxylic acids is 1. The van der Waals surface area contributed by atoms with E-state index in [0.717, 1.165) is 11.1 Å². The van der Waals surface area contributed by atoms with Gasteiger partial charge in [-0.25, -0.2) is 0 Å². The van der Waals surface area contributed by atoms with Crippen molar-refractivity contribution in [1.29, 1.82) is 0 Å². The van der Waals surface area contributed by atoms with Gasteiger partial charge in [0.1, 0.15) is 5.75 Å². The van der Waals surface area contributed by atoms with Crippen molar-refractivity contribution >= 4 is 5.78 Å². The predicted molar refractivity (Wildman–Crippen MR) is 96.0 cm³/mol. The van der Waals surface area contributed by atoms with Crippen molar-refractivity contribution < 1.29 is 19.0 Å². The molecule has 4 heteroatoms. The molecule has 5 rings (SSSR count). The van der Waals surface area contributed by atoms with Crippen LogP contribution in [0, 0.1) is 0 Å². The molecule has 0 radical (unpaired) electrons. The Morgan fingerprint density at radius 3 is 2.19 bits per heavy atom. The maximum Gasteiger partial charge on any atom is 0.231 e. The van der Waals surface area contributed by atoms with Gasteiger partial charge < -0.3 is 14.2 Å². The summed E-state index contributed by atoms with van der Waals surface area (Å²) in [6.45, 7) is 0.209. The molecule has 0 amide bonds. The molecule has 2 aliphatic rings. The van der Waals surface area contributed by atoms with Gasteiger partial charge in [0.2, 0.25) is 12.6 Å². The zero-order valence-electron chi connectivity index (χ0n) is 13.9. The quantitative estimate of drug-likeness (QED) is 0.668. The fraction of sp³-hybridized carbons (Fsp3) is 0.136. The molecule has 2 aliphatic heterocycles. The van der Waals surface area contributed by atoms with Gasteiger partial charge in [0.05, 0.1) is 5.92 Å². The molecular formula is C22H16O4. The van der Waals surface area contributed by atoms with Crippen LogP contribution in [0.15, 0.2) is 72.8 Å². The van der Waals surface area contributed by atoms with E-state index in [4.69, 9.17) is 14.2 Å². The highest BCUT2D eigenvalue weighted by Gasteiger charge is 2.42. The molecule has 0 N–H and O–H groups in total. The van der Waals surface area contributed by atoms with Crippen LogP contribution in [-0.4, -0.2) is 18.7 Å². The third-order valence-corrected chi connectivity index (χ3v) is 4.87. The number of fused-ring (bicyclic) bond motifs is 2. The molecule has 0 fully saturated rings. The lowest BCUT2D eigenvalue weighted by Gasteiger charge is -2.18. The molecule has 0 saturated carbocycles.